The van der Waals surface area contributed by atoms with Gasteiger partial charge in [-0.25, -0.2) is 0 Å². The average molecular weight is 397 g/mol. The van der Waals surface area contributed by atoms with E-state index in [0.29, 0.717) is 0 Å². The number of aromatic nitrogens is 3. The SMILES string of the molecule is CN=C(NCCc1nnc2n1CCCCC2)N1CCC(Oc2ccccc2)CC1. The third kappa shape index (κ3) is 5.08. The van der Waals surface area contributed by atoms with Crippen LogP contribution in [0.3, 0.4) is 0 Å². The molecule has 2 aliphatic heterocycles. The molecule has 0 saturated carbocycles. The second-order valence-electron chi connectivity index (χ2n) is 7.84. The molecule has 4 rings (SSSR count). The second kappa shape index (κ2) is 9.76. The van der Waals surface area contributed by atoms with E-state index in [1.165, 1.54) is 19.3 Å². The van der Waals surface area contributed by atoms with Crippen molar-refractivity contribution in [2.45, 2.75) is 57.6 Å². The second-order valence-corrected chi connectivity index (χ2v) is 7.84. The van der Waals surface area contributed by atoms with Gasteiger partial charge in [0.2, 0.25) is 0 Å². The van der Waals surface area contributed by atoms with Gasteiger partial charge in [-0.1, -0.05) is 24.6 Å². The first-order valence-corrected chi connectivity index (χ1v) is 10.9. The van der Waals surface area contributed by atoms with Gasteiger partial charge in [0.15, 0.2) is 5.96 Å². The van der Waals surface area contributed by atoms with Gasteiger partial charge in [-0.2, -0.15) is 0 Å². The van der Waals surface area contributed by atoms with Crippen molar-refractivity contribution in [3.63, 3.8) is 0 Å². The zero-order valence-electron chi connectivity index (χ0n) is 17.4. The molecule has 1 aromatic carbocycles. The van der Waals surface area contributed by atoms with Crippen LogP contribution in [0.15, 0.2) is 35.3 Å². The Morgan fingerprint density at radius 1 is 1.10 bits per heavy atom. The van der Waals surface area contributed by atoms with Crippen LogP contribution in [0.2, 0.25) is 0 Å². The Morgan fingerprint density at radius 2 is 1.93 bits per heavy atom. The van der Waals surface area contributed by atoms with Gasteiger partial charge in [-0.15, -0.1) is 10.2 Å². The molecule has 0 aliphatic carbocycles. The molecular weight excluding hydrogens is 364 g/mol. The number of guanidine groups is 1. The van der Waals surface area contributed by atoms with E-state index in [1.807, 2.05) is 37.4 Å². The molecular formula is C22H32N6O. The van der Waals surface area contributed by atoms with E-state index in [9.17, 15) is 0 Å². The molecule has 0 unspecified atom stereocenters. The summed E-state index contributed by atoms with van der Waals surface area (Å²) in [5.41, 5.74) is 0. The summed E-state index contributed by atoms with van der Waals surface area (Å²) in [4.78, 5) is 6.82. The summed E-state index contributed by atoms with van der Waals surface area (Å²) in [6.07, 6.45) is 7.97. The number of ether oxygens (including phenoxy) is 1. The van der Waals surface area contributed by atoms with Gasteiger partial charge in [0, 0.05) is 58.9 Å². The zero-order valence-corrected chi connectivity index (χ0v) is 17.4. The average Bonchev–Trinajstić information content (AvgIpc) is 2.99. The highest BCUT2D eigenvalue weighted by Crippen LogP contribution is 2.19. The standard InChI is InChI=1S/C22H32N6O/c1-23-22(24-14-11-21-26-25-20-10-6-3-7-15-28(20)21)27-16-12-19(13-17-27)29-18-8-4-2-5-9-18/h2,4-5,8-9,19H,3,6-7,10-17H2,1H3,(H,23,24). The Morgan fingerprint density at radius 3 is 2.72 bits per heavy atom. The van der Waals surface area contributed by atoms with E-state index >= 15 is 0 Å². The van der Waals surface area contributed by atoms with Crippen molar-refractivity contribution in [2.75, 3.05) is 26.7 Å². The number of para-hydroxylation sites is 1. The van der Waals surface area contributed by atoms with Gasteiger partial charge in [0.05, 0.1) is 0 Å². The number of hydrogen-bond donors (Lipinski definition) is 1. The van der Waals surface area contributed by atoms with Gasteiger partial charge >= 0.3 is 0 Å². The Hall–Kier alpha value is -2.57. The largest absolute Gasteiger partial charge is 0.490 e. The molecule has 2 aromatic rings. The lowest BCUT2D eigenvalue weighted by molar-refractivity contribution is 0.129. The summed E-state index contributed by atoms with van der Waals surface area (Å²) in [7, 11) is 1.86. The number of benzene rings is 1. The number of aliphatic imine (C=N–C) groups is 1. The minimum Gasteiger partial charge on any atom is -0.490 e. The maximum atomic E-state index is 6.11. The first kappa shape index (κ1) is 19.7. The first-order chi connectivity index (χ1) is 14.3. The molecule has 29 heavy (non-hydrogen) atoms. The number of nitrogens with one attached hydrogen (secondary N) is 1. The number of piperidine rings is 1. The maximum Gasteiger partial charge on any atom is 0.193 e. The van der Waals surface area contributed by atoms with Crippen molar-refractivity contribution in [3.8, 4) is 5.75 Å². The van der Waals surface area contributed by atoms with Crippen molar-refractivity contribution in [2.24, 2.45) is 4.99 Å². The Kier molecular flexibility index (Phi) is 6.64. The Balaban J connectivity index is 1.24. The van der Waals surface area contributed by atoms with Crippen LogP contribution in [0.5, 0.6) is 5.75 Å². The summed E-state index contributed by atoms with van der Waals surface area (Å²) in [6.45, 7) is 3.79. The summed E-state index contributed by atoms with van der Waals surface area (Å²) >= 11 is 0. The van der Waals surface area contributed by atoms with Gasteiger partial charge in [-0.05, 0) is 25.0 Å². The maximum absolute atomic E-state index is 6.11. The zero-order chi connectivity index (χ0) is 19.9. The fourth-order valence-electron chi connectivity index (χ4n) is 4.23. The number of nitrogens with zero attached hydrogens (tertiary/aromatic N) is 5. The van der Waals surface area contributed by atoms with Crippen LogP contribution in [0.4, 0.5) is 0 Å². The first-order valence-electron chi connectivity index (χ1n) is 10.9. The van der Waals surface area contributed by atoms with E-state index in [1.54, 1.807) is 0 Å². The molecule has 156 valence electrons. The minimum absolute atomic E-state index is 0.276. The number of fused-ring (bicyclic) bond motifs is 1. The third-order valence-corrected chi connectivity index (χ3v) is 5.82. The minimum atomic E-state index is 0.276. The van der Waals surface area contributed by atoms with Crippen molar-refractivity contribution < 1.29 is 4.74 Å². The van der Waals surface area contributed by atoms with Crippen molar-refractivity contribution in [1.29, 1.82) is 0 Å². The van der Waals surface area contributed by atoms with Crippen LogP contribution >= 0.6 is 0 Å². The molecule has 2 aliphatic rings. The summed E-state index contributed by atoms with van der Waals surface area (Å²) in [5, 5.41) is 12.3. The monoisotopic (exact) mass is 396 g/mol. The summed E-state index contributed by atoms with van der Waals surface area (Å²) in [5.74, 6) is 4.18. The van der Waals surface area contributed by atoms with Crippen molar-refractivity contribution in [1.82, 2.24) is 25.0 Å². The lowest BCUT2D eigenvalue weighted by Gasteiger charge is -2.34. The van der Waals surface area contributed by atoms with E-state index in [2.05, 4.69) is 30.0 Å². The molecule has 3 heterocycles. The highest BCUT2D eigenvalue weighted by Gasteiger charge is 2.23. The van der Waals surface area contributed by atoms with Gasteiger partial charge in [-0.3, -0.25) is 4.99 Å². The van der Waals surface area contributed by atoms with E-state index in [-0.39, 0.29) is 6.10 Å². The van der Waals surface area contributed by atoms with Crippen LogP contribution in [-0.2, 0) is 19.4 Å². The Labute approximate surface area is 173 Å². The Bertz CT molecular complexity index is 795. The molecule has 0 spiro atoms. The van der Waals surface area contributed by atoms with Gasteiger partial charge < -0.3 is 19.5 Å². The summed E-state index contributed by atoms with van der Waals surface area (Å²) in [6, 6.07) is 10.1. The number of aryl methyl sites for hydroxylation is 1. The van der Waals surface area contributed by atoms with Crippen LogP contribution in [0, 0.1) is 0 Å². The van der Waals surface area contributed by atoms with Crippen LogP contribution in [0.25, 0.3) is 0 Å². The van der Waals surface area contributed by atoms with E-state index < -0.39 is 0 Å². The molecule has 0 bridgehead atoms. The number of hydrogen-bond acceptors (Lipinski definition) is 4. The quantitative estimate of drug-likeness (QED) is 0.622. The number of likely N-dealkylation sites (tertiary alicyclic amines) is 1. The molecule has 7 heteroatoms. The van der Waals surface area contributed by atoms with Crippen molar-refractivity contribution >= 4 is 5.96 Å². The van der Waals surface area contributed by atoms with Gasteiger partial charge in [0.25, 0.3) is 0 Å². The molecule has 0 amide bonds. The van der Waals surface area contributed by atoms with Crippen molar-refractivity contribution in [3.05, 3.63) is 42.0 Å². The van der Waals surface area contributed by atoms with E-state index in [4.69, 9.17) is 4.74 Å². The van der Waals surface area contributed by atoms with Crippen LogP contribution < -0.4 is 10.1 Å². The lowest BCUT2D eigenvalue weighted by atomic mass is 10.1. The lowest BCUT2D eigenvalue weighted by Crippen LogP contribution is -2.48. The highest BCUT2D eigenvalue weighted by atomic mass is 16.5. The van der Waals surface area contributed by atoms with E-state index in [0.717, 1.165) is 75.2 Å². The highest BCUT2D eigenvalue weighted by molar-refractivity contribution is 5.79. The van der Waals surface area contributed by atoms with Crippen LogP contribution in [0.1, 0.15) is 43.8 Å². The molecule has 1 N–H and O–H groups in total. The molecule has 0 radical (unpaired) electrons. The fraction of sp³-hybridized carbons (Fsp3) is 0.591. The predicted octanol–water partition coefficient (Wildman–Crippen LogP) is 2.67. The molecule has 1 aromatic heterocycles. The predicted molar refractivity (Wildman–Crippen MR) is 114 cm³/mol. The molecule has 0 atom stereocenters. The molecule has 1 fully saturated rings. The summed E-state index contributed by atoms with van der Waals surface area (Å²) < 4.78 is 8.43. The molecule has 7 nitrogen and oxygen atoms in total. The number of rotatable bonds is 5. The van der Waals surface area contributed by atoms with Crippen LogP contribution in [-0.4, -0.2) is 58.4 Å². The smallest absolute Gasteiger partial charge is 0.193 e. The van der Waals surface area contributed by atoms with Gasteiger partial charge in [0.1, 0.15) is 23.5 Å². The third-order valence-electron chi connectivity index (χ3n) is 5.82. The topological polar surface area (TPSA) is 67.6 Å². The fourth-order valence-corrected chi connectivity index (χ4v) is 4.23. The molecule has 1 saturated heterocycles. The normalized spacial score (nSPS) is 18.2.